The number of benzene rings is 2. The summed E-state index contributed by atoms with van der Waals surface area (Å²) >= 11 is 0. The van der Waals surface area contributed by atoms with Gasteiger partial charge in [-0.1, -0.05) is 36.4 Å². The molecule has 0 fully saturated rings. The summed E-state index contributed by atoms with van der Waals surface area (Å²) in [6, 6.07) is 9.20. The molecule has 0 radical (unpaired) electrons. The number of sulfonamides is 1. The predicted molar refractivity (Wildman–Crippen MR) is 115 cm³/mol. The molecule has 2 aromatic rings. The third kappa shape index (κ3) is 6.30. The molecule has 0 bridgehead atoms. The SMILES string of the molecule is C=CCC(C(=O)NS(=O)(=O)/C=C/c1ccccc1)C(=O)N(CC)c1c(F)cc(F)cc1F. The summed E-state index contributed by atoms with van der Waals surface area (Å²) in [6.45, 7) is 4.56. The number of carbonyl (C=O) groups excluding carboxylic acids is 2. The van der Waals surface area contributed by atoms with Gasteiger partial charge >= 0.3 is 0 Å². The van der Waals surface area contributed by atoms with Gasteiger partial charge in [-0.25, -0.2) is 26.3 Å². The van der Waals surface area contributed by atoms with Crippen LogP contribution in [0.5, 0.6) is 0 Å². The maximum Gasteiger partial charge on any atom is 0.257 e. The van der Waals surface area contributed by atoms with Gasteiger partial charge in [0.15, 0.2) is 11.6 Å². The number of amides is 2. The van der Waals surface area contributed by atoms with Crippen molar-refractivity contribution in [3.05, 3.63) is 83.5 Å². The third-order valence-corrected chi connectivity index (χ3v) is 5.31. The van der Waals surface area contributed by atoms with Crippen LogP contribution in [0.25, 0.3) is 6.08 Å². The van der Waals surface area contributed by atoms with Gasteiger partial charge in [0.1, 0.15) is 17.4 Å². The zero-order chi connectivity index (χ0) is 23.9. The number of rotatable bonds is 9. The van der Waals surface area contributed by atoms with Gasteiger partial charge in [0.2, 0.25) is 11.8 Å². The average molecular weight is 466 g/mol. The quantitative estimate of drug-likeness (QED) is 0.451. The van der Waals surface area contributed by atoms with E-state index in [1.54, 1.807) is 35.1 Å². The molecule has 1 N–H and O–H groups in total. The van der Waals surface area contributed by atoms with Gasteiger partial charge in [-0.15, -0.1) is 6.58 Å². The van der Waals surface area contributed by atoms with Crippen LogP contribution in [0.3, 0.4) is 0 Å². The topological polar surface area (TPSA) is 83.5 Å². The van der Waals surface area contributed by atoms with E-state index in [9.17, 15) is 31.2 Å². The van der Waals surface area contributed by atoms with Crippen molar-refractivity contribution in [2.45, 2.75) is 13.3 Å². The Bertz CT molecular complexity index is 1110. The van der Waals surface area contributed by atoms with E-state index < -0.39 is 50.9 Å². The van der Waals surface area contributed by atoms with Crippen molar-refractivity contribution in [1.29, 1.82) is 0 Å². The van der Waals surface area contributed by atoms with Gasteiger partial charge in [-0.05, 0) is 25.0 Å². The lowest BCUT2D eigenvalue weighted by molar-refractivity contribution is -0.132. The van der Waals surface area contributed by atoms with Gasteiger partial charge in [-0.3, -0.25) is 9.59 Å². The number of nitrogens with zero attached hydrogens (tertiary/aromatic N) is 1. The Hall–Kier alpha value is -3.40. The van der Waals surface area contributed by atoms with Crippen molar-refractivity contribution in [3.8, 4) is 0 Å². The normalized spacial score (nSPS) is 12.4. The second kappa shape index (κ2) is 10.8. The van der Waals surface area contributed by atoms with Gasteiger partial charge in [0.05, 0.1) is 5.41 Å². The second-order valence-electron chi connectivity index (χ2n) is 6.60. The van der Waals surface area contributed by atoms with E-state index in [1.807, 2.05) is 0 Å². The molecular weight excluding hydrogens is 445 g/mol. The van der Waals surface area contributed by atoms with Crippen LogP contribution in [0.15, 0.2) is 60.5 Å². The minimum absolute atomic E-state index is 0.264. The van der Waals surface area contributed by atoms with Crippen molar-refractivity contribution < 1.29 is 31.2 Å². The molecule has 0 aromatic heterocycles. The Balaban J connectivity index is 2.29. The molecule has 170 valence electrons. The highest BCUT2D eigenvalue weighted by Crippen LogP contribution is 2.27. The van der Waals surface area contributed by atoms with E-state index in [0.717, 1.165) is 5.41 Å². The summed E-state index contributed by atoms with van der Waals surface area (Å²) in [4.78, 5) is 26.2. The Morgan fingerprint density at radius 1 is 1.12 bits per heavy atom. The monoisotopic (exact) mass is 466 g/mol. The molecule has 2 amide bonds. The number of allylic oxidation sites excluding steroid dienone is 1. The fraction of sp³-hybridized carbons (Fsp3) is 0.182. The average Bonchev–Trinajstić information content (AvgIpc) is 2.73. The highest BCUT2D eigenvalue weighted by Gasteiger charge is 2.34. The van der Waals surface area contributed by atoms with Crippen LogP contribution in [0.1, 0.15) is 18.9 Å². The summed E-state index contributed by atoms with van der Waals surface area (Å²) in [7, 11) is -4.28. The van der Waals surface area contributed by atoms with Gasteiger partial charge in [0, 0.05) is 18.7 Å². The number of hydrogen-bond acceptors (Lipinski definition) is 4. The lowest BCUT2D eigenvalue weighted by Gasteiger charge is -2.26. The maximum atomic E-state index is 14.2. The molecule has 0 aliphatic rings. The second-order valence-corrected chi connectivity index (χ2v) is 8.17. The molecule has 2 rings (SSSR count). The Morgan fingerprint density at radius 2 is 1.72 bits per heavy atom. The Morgan fingerprint density at radius 3 is 2.25 bits per heavy atom. The molecule has 1 unspecified atom stereocenters. The van der Waals surface area contributed by atoms with E-state index in [2.05, 4.69) is 6.58 Å². The summed E-state index contributed by atoms with van der Waals surface area (Å²) in [6.07, 6.45) is 2.14. The zero-order valence-electron chi connectivity index (χ0n) is 17.1. The van der Waals surface area contributed by atoms with Crippen LogP contribution in [-0.4, -0.2) is 26.8 Å². The van der Waals surface area contributed by atoms with Crippen molar-refractivity contribution in [2.75, 3.05) is 11.4 Å². The van der Waals surface area contributed by atoms with Gasteiger partial charge < -0.3 is 4.90 Å². The van der Waals surface area contributed by atoms with E-state index in [0.29, 0.717) is 22.6 Å². The van der Waals surface area contributed by atoms with E-state index in [-0.39, 0.29) is 13.0 Å². The van der Waals surface area contributed by atoms with Crippen molar-refractivity contribution in [2.24, 2.45) is 5.92 Å². The molecule has 0 saturated heterocycles. The first-order chi connectivity index (χ1) is 15.1. The first-order valence-electron chi connectivity index (χ1n) is 9.46. The van der Waals surface area contributed by atoms with Gasteiger partial charge in [0.25, 0.3) is 10.0 Å². The number of nitrogens with one attached hydrogen (secondary N) is 1. The lowest BCUT2D eigenvalue weighted by atomic mass is 10.0. The predicted octanol–water partition coefficient (Wildman–Crippen LogP) is 3.77. The highest BCUT2D eigenvalue weighted by atomic mass is 32.2. The van der Waals surface area contributed by atoms with Crippen LogP contribution in [0.2, 0.25) is 0 Å². The zero-order valence-corrected chi connectivity index (χ0v) is 17.9. The summed E-state index contributed by atoms with van der Waals surface area (Å²) in [5, 5.41) is 0.757. The van der Waals surface area contributed by atoms with Gasteiger partial charge in [-0.2, -0.15) is 0 Å². The van der Waals surface area contributed by atoms with Crippen LogP contribution in [-0.2, 0) is 19.6 Å². The lowest BCUT2D eigenvalue weighted by Crippen LogP contribution is -2.45. The molecule has 0 spiro atoms. The largest absolute Gasteiger partial charge is 0.307 e. The smallest absolute Gasteiger partial charge is 0.257 e. The van der Waals surface area contributed by atoms with Crippen molar-refractivity contribution >= 4 is 33.6 Å². The summed E-state index contributed by atoms with van der Waals surface area (Å²) in [5.41, 5.74) is -0.281. The minimum Gasteiger partial charge on any atom is -0.307 e. The number of halogens is 3. The van der Waals surface area contributed by atoms with Crippen LogP contribution in [0.4, 0.5) is 18.9 Å². The van der Waals surface area contributed by atoms with Crippen LogP contribution < -0.4 is 9.62 Å². The maximum absolute atomic E-state index is 14.2. The summed E-state index contributed by atoms with van der Waals surface area (Å²) < 4.78 is 67.9. The summed E-state index contributed by atoms with van der Waals surface area (Å²) in [5.74, 6) is -7.77. The van der Waals surface area contributed by atoms with E-state index in [1.165, 1.54) is 19.1 Å². The molecule has 10 heteroatoms. The van der Waals surface area contributed by atoms with E-state index >= 15 is 0 Å². The fourth-order valence-electron chi connectivity index (χ4n) is 2.87. The highest BCUT2D eigenvalue weighted by molar-refractivity contribution is 7.93. The molecule has 6 nitrogen and oxygen atoms in total. The molecule has 0 aliphatic carbocycles. The Labute approximate surface area is 184 Å². The van der Waals surface area contributed by atoms with Crippen molar-refractivity contribution in [3.63, 3.8) is 0 Å². The van der Waals surface area contributed by atoms with E-state index in [4.69, 9.17) is 0 Å². The standard InChI is InChI=1S/C22H21F3N2O4S/c1-3-8-17(21(28)26-32(30,31)12-11-15-9-6-5-7-10-15)22(29)27(4-2)20-18(24)13-16(23)14-19(20)25/h3,5-7,9-14,17H,1,4,8H2,2H3,(H,26,28)/b12-11+. The first-order valence-corrected chi connectivity index (χ1v) is 11.0. The van der Waals surface area contributed by atoms with Crippen LogP contribution in [0, 0.1) is 23.4 Å². The molecular formula is C22H21F3N2O4S. The third-order valence-electron chi connectivity index (χ3n) is 4.33. The Kier molecular flexibility index (Phi) is 8.36. The van der Waals surface area contributed by atoms with Crippen LogP contribution >= 0.6 is 0 Å². The number of hydrogen-bond donors (Lipinski definition) is 1. The molecule has 2 aromatic carbocycles. The molecule has 0 saturated carbocycles. The molecule has 1 atom stereocenters. The molecule has 0 aliphatic heterocycles. The first kappa shape index (κ1) is 24.9. The van der Waals surface area contributed by atoms with Crippen molar-refractivity contribution in [1.82, 2.24) is 4.72 Å². The minimum atomic E-state index is -4.28. The molecule has 0 heterocycles. The number of anilines is 1. The number of carbonyl (C=O) groups is 2. The molecule has 32 heavy (non-hydrogen) atoms. The fourth-order valence-corrected chi connectivity index (χ4v) is 3.70.